The van der Waals surface area contributed by atoms with Crippen LogP contribution in [-0.2, 0) is 0 Å². The van der Waals surface area contributed by atoms with Crippen LogP contribution in [-0.4, -0.2) is 15.9 Å². The van der Waals surface area contributed by atoms with E-state index in [2.05, 4.69) is 15.3 Å². The number of nitrogens with zero attached hydrogens (tertiary/aromatic N) is 1. The molecule has 3 rings (SSSR count). The van der Waals surface area contributed by atoms with Crippen molar-refractivity contribution in [3.8, 4) is 11.5 Å². The summed E-state index contributed by atoms with van der Waals surface area (Å²) in [5, 5.41) is 3.12. The molecule has 110 valence electrons. The Morgan fingerprint density at radius 3 is 2.82 bits per heavy atom. The summed E-state index contributed by atoms with van der Waals surface area (Å²) < 4.78 is 5.20. The van der Waals surface area contributed by atoms with E-state index in [1.54, 1.807) is 36.4 Å². The molecule has 0 bridgehead atoms. The fraction of sp³-hybridized carbons (Fsp3) is 0. The van der Waals surface area contributed by atoms with Gasteiger partial charge in [-0.15, -0.1) is 0 Å². The van der Waals surface area contributed by atoms with Gasteiger partial charge in [0.1, 0.15) is 11.5 Å². The number of hydrogen-bond donors (Lipinski definition) is 2. The maximum Gasteiger partial charge on any atom is 0.346 e. The summed E-state index contributed by atoms with van der Waals surface area (Å²) in [7, 11) is 0. The van der Waals surface area contributed by atoms with Gasteiger partial charge < -0.3 is 14.7 Å². The van der Waals surface area contributed by atoms with Crippen LogP contribution in [0.25, 0.3) is 11.5 Å². The van der Waals surface area contributed by atoms with E-state index in [1.165, 1.54) is 12.3 Å². The van der Waals surface area contributed by atoms with Crippen molar-refractivity contribution in [2.75, 3.05) is 5.32 Å². The van der Waals surface area contributed by atoms with Gasteiger partial charge >= 0.3 is 5.69 Å². The molecule has 1 aromatic carbocycles. The van der Waals surface area contributed by atoms with E-state index >= 15 is 0 Å². The number of rotatable bonds is 3. The van der Waals surface area contributed by atoms with Gasteiger partial charge in [-0.25, -0.2) is 4.79 Å². The number of halogens is 1. The van der Waals surface area contributed by atoms with Crippen LogP contribution >= 0.6 is 11.6 Å². The van der Waals surface area contributed by atoms with Crippen molar-refractivity contribution >= 4 is 23.2 Å². The average molecular weight is 316 g/mol. The zero-order chi connectivity index (χ0) is 15.5. The number of nitrogens with one attached hydrogen (secondary N) is 2. The van der Waals surface area contributed by atoms with Gasteiger partial charge in [-0.05, 0) is 36.4 Å². The van der Waals surface area contributed by atoms with Gasteiger partial charge in [-0.2, -0.15) is 4.98 Å². The van der Waals surface area contributed by atoms with Crippen LogP contribution in [0.2, 0.25) is 5.02 Å². The average Bonchev–Trinajstić information content (AvgIpc) is 3.01. The molecule has 0 saturated carbocycles. The van der Waals surface area contributed by atoms with Crippen molar-refractivity contribution in [3.05, 3.63) is 69.9 Å². The predicted octanol–water partition coefficient (Wildman–Crippen LogP) is 2.94. The van der Waals surface area contributed by atoms with E-state index in [-0.39, 0.29) is 5.69 Å². The lowest BCUT2D eigenvalue weighted by atomic mass is 10.2. The molecule has 0 spiro atoms. The minimum Gasteiger partial charge on any atom is -0.463 e. The minimum absolute atomic E-state index is 0.0184. The van der Waals surface area contributed by atoms with Crippen LogP contribution in [0.5, 0.6) is 0 Å². The summed E-state index contributed by atoms with van der Waals surface area (Å²) in [4.78, 5) is 30.0. The van der Waals surface area contributed by atoms with Crippen LogP contribution in [0, 0.1) is 0 Å². The molecule has 0 radical (unpaired) electrons. The molecule has 0 unspecified atom stereocenters. The van der Waals surface area contributed by atoms with E-state index in [9.17, 15) is 9.59 Å². The third-order valence-corrected chi connectivity index (χ3v) is 3.08. The highest BCUT2D eigenvalue weighted by atomic mass is 35.5. The monoisotopic (exact) mass is 315 g/mol. The third-order valence-electron chi connectivity index (χ3n) is 2.85. The normalized spacial score (nSPS) is 10.4. The van der Waals surface area contributed by atoms with Crippen molar-refractivity contribution in [2.24, 2.45) is 0 Å². The first-order valence-corrected chi connectivity index (χ1v) is 6.72. The first-order chi connectivity index (χ1) is 10.6. The molecule has 0 atom stereocenters. The summed E-state index contributed by atoms with van der Waals surface area (Å²) in [6.07, 6.45) is 1.47. The summed E-state index contributed by atoms with van der Waals surface area (Å²) in [5.74, 6) is -0.0718. The number of aromatic nitrogens is 2. The second-order valence-corrected chi connectivity index (χ2v) is 4.86. The Morgan fingerprint density at radius 2 is 2.09 bits per heavy atom. The van der Waals surface area contributed by atoms with Gasteiger partial charge in [0.25, 0.3) is 5.91 Å². The number of anilines is 1. The highest BCUT2D eigenvalue weighted by molar-refractivity contribution is 6.30. The number of furan rings is 1. The van der Waals surface area contributed by atoms with Gasteiger partial charge in [-0.1, -0.05) is 17.7 Å². The summed E-state index contributed by atoms with van der Waals surface area (Å²) in [6.45, 7) is 0. The lowest BCUT2D eigenvalue weighted by Gasteiger charge is -2.05. The van der Waals surface area contributed by atoms with Gasteiger partial charge in [0.2, 0.25) is 0 Å². The molecule has 22 heavy (non-hydrogen) atoms. The number of amides is 1. The van der Waals surface area contributed by atoms with Crippen molar-refractivity contribution in [2.45, 2.75) is 0 Å². The number of hydrogen-bond acceptors (Lipinski definition) is 4. The Hall–Kier alpha value is -2.86. The van der Waals surface area contributed by atoms with Crippen molar-refractivity contribution in [1.82, 2.24) is 9.97 Å². The minimum atomic E-state index is -0.634. The van der Waals surface area contributed by atoms with Crippen LogP contribution in [0.4, 0.5) is 5.69 Å². The Labute approximate surface area is 129 Å². The summed E-state index contributed by atoms with van der Waals surface area (Å²) in [5.41, 5.74) is 0.237. The number of carbonyl (C=O) groups is 1. The number of carbonyl (C=O) groups excluding carboxylic acids is 1. The molecule has 0 aliphatic heterocycles. The molecule has 2 heterocycles. The van der Waals surface area contributed by atoms with Crippen LogP contribution in [0.15, 0.2) is 57.9 Å². The molecular formula is C15H10ClN3O3. The first-order valence-electron chi connectivity index (χ1n) is 6.34. The molecule has 3 aromatic rings. The topological polar surface area (TPSA) is 88.0 Å². The van der Waals surface area contributed by atoms with Crippen LogP contribution in [0.3, 0.4) is 0 Å². The Bertz CT molecular complexity index is 872. The lowest BCUT2D eigenvalue weighted by molar-refractivity contribution is 0.102. The van der Waals surface area contributed by atoms with E-state index in [1.807, 2.05) is 0 Å². The molecule has 0 fully saturated rings. The van der Waals surface area contributed by atoms with E-state index < -0.39 is 11.6 Å². The van der Waals surface area contributed by atoms with Gasteiger partial charge in [0.05, 0.1) is 12.0 Å². The largest absolute Gasteiger partial charge is 0.463 e. The molecule has 0 aliphatic rings. The fourth-order valence-electron chi connectivity index (χ4n) is 1.90. The molecule has 0 saturated heterocycles. The smallest absolute Gasteiger partial charge is 0.346 e. The standard InChI is InChI=1S/C15H10ClN3O3/c16-9-3-1-4-10(7-9)17-14(20)12-8-11(18-15(21)19-12)13-5-2-6-22-13/h1-8H,(H,17,20)(H,18,19,21). The zero-order valence-electron chi connectivity index (χ0n) is 11.2. The van der Waals surface area contributed by atoms with Crippen molar-refractivity contribution in [1.29, 1.82) is 0 Å². The Balaban J connectivity index is 1.91. The number of aromatic amines is 1. The molecule has 2 N–H and O–H groups in total. The van der Waals surface area contributed by atoms with E-state index in [0.717, 1.165) is 0 Å². The van der Waals surface area contributed by atoms with Crippen molar-refractivity contribution < 1.29 is 9.21 Å². The SMILES string of the molecule is O=C(Nc1cccc(Cl)c1)c1cc(-c2ccco2)[nH]c(=O)n1. The Kier molecular flexibility index (Phi) is 3.76. The summed E-state index contributed by atoms with van der Waals surface area (Å²) >= 11 is 5.86. The zero-order valence-corrected chi connectivity index (χ0v) is 11.9. The Morgan fingerprint density at radius 1 is 1.23 bits per heavy atom. The highest BCUT2D eigenvalue weighted by Crippen LogP contribution is 2.18. The van der Waals surface area contributed by atoms with Crippen LogP contribution < -0.4 is 11.0 Å². The number of H-pyrrole nitrogens is 1. The van der Waals surface area contributed by atoms with Crippen LogP contribution in [0.1, 0.15) is 10.5 Å². The predicted molar refractivity (Wildman–Crippen MR) is 82.0 cm³/mol. The quantitative estimate of drug-likeness (QED) is 0.777. The van der Waals surface area contributed by atoms with Gasteiger partial charge in [0, 0.05) is 10.7 Å². The second kappa shape index (κ2) is 5.87. The van der Waals surface area contributed by atoms with E-state index in [0.29, 0.717) is 22.2 Å². The lowest BCUT2D eigenvalue weighted by Crippen LogP contribution is -2.21. The fourth-order valence-corrected chi connectivity index (χ4v) is 2.09. The molecule has 7 heteroatoms. The van der Waals surface area contributed by atoms with Gasteiger partial charge in [-0.3, -0.25) is 4.79 Å². The molecule has 0 aliphatic carbocycles. The highest BCUT2D eigenvalue weighted by Gasteiger charge is 2.12. The number of benzene rings is 1. The van der Waals surface area contributed by atoms with E-state index in [4.69, 9.17) is 16.0 Å². The molecule has 2 aromatic heterocycles. The van der Waals surface area contributed by atoms with Gasteiger partial charge in [0.15, 0.2) is 0 Å². The first kappa shape index (κ1) is 14.1. The summed E-state index contributed by atoms with van der Waals surface area (Å²) in [6, 6.07) is 11.5. The third kappa shape index (κ3) is 3.07. The molecule has 6 nitrogen and oxygen atoms in total. The second-order valence-electron chi connectivity index (χ2n) is 4.43. The molecule has 1 amide bonds. The maximum atomic E-state index is 12.2. The van der Waals surface area contributed by atoms with Crippen molar-refractivity contribution in [3.63, 3.8) is 0 Å². The molecular weight excluding hydrogens is 306 g/mol. The maximum absolute atomic E-state index is 12.2.